The number of hydrogen-bond acceptors (Lipinski definition) is 6. The number of hydrogen-bond donors (Lipinski definition) is 1. The molecule has 1 atom stereocenters. The smallest absolute Gasteiger partial charge is 0.407 e. The van der Waals surface area contributed by atoms with Gasteiger partial charge in [0, 0.05) is 30.8 Å². The number of carbonyl (C=O) groups excluding carboxylic acids is 2. The third-order valence-corrected chi connectivity index (χ3v) is 7.93. The van der Waals surface area contributed by atoms with Gasteiger partial charge in [0.1, 0.15) is 6.10 Å². The molecule has 2 heterocycles. The molecule has 8 nitrogen and oxygen atoms in total. The number of sulfonamides is 1. The summed E-state index contributed by atoms with van der Waals surface area (Å²) in [5, 5.41) is 2.63. The van der Waals surface area contributed by atoms with Gasteiger partial charge in [0.05, 0.1) is 23.7 Å². The summed E-state index contributed by atoms with van der Waals surface area (Å²) in [5.41, 5.74) is 2.79. The highest BCUT2D eigenvalue weighted by molar-refractivity contribution is 7.92. The number of ether oxygens (including phenoxy) is 1. The molecule has 2 aromatic carbocycles. The normalized spacial score (nSPS) is 18.0. The second-order valence-corrected chi connectivity index (χ2v) is 11.0. The van der Waals surface area contributed by atoms with E-state index in [4.69, 9.17) is 4.74 Å². The first-order valence-corrected chi connectivity index (χ1v) is 13.1. The number of amides is 1. The van der Waals surface area contributed by atoms with E-state index in [1.807, 2.05) is 43.0 Å². The summed E-state index contributed by atoms with van der Waals surface area (Å²) < 4.78 is 34.2. The largest absolute Gasteiger partial charge is 0.442 e. The van der Waals surface area contributed by atoms with Crippen molar-refractivity contribution >= 4 is 33.3 Å². The Bertz CT molecular complexity index is 1180. The van der Waals surface area contributed by atoms with E-state index < -0.39 is 16.1 Å². The number of ketones is 1. The van der Waals surface area contributed by atoms with Crippen LogP contribution in [-0.4, -0.2) is 52.6 Å². The zero-order chi connectivity index (χ0) is 24.5. The van der Waals surface area contributed by atoms with Crippen LogP contribution in [0.4, 0.5) is 16.2 Å². The molecule has 9 heteroatoms. The molecule has 2 aliphatic rings. The van der Waals surface area contributed by atoms with E-state index in [9.17, 15) is 18.0 Å². The number of aryl methyl sites for hydroxylation is 1. The summed E-state index contributed by atoms with van der Waals surface area (Å²) >= 11 is 0. The maximum absolute atomic E-state index is 13.7. The molecule has 2 aliphatic heterocycles. The Morgan fingerprint density at radius 1 is 1.15 bits per heavy atom. The molecule has 1 fully saturated rings. The van der Waals surface area contributed by atoms with Crippen molar-refractivity contribution in [2.75, 3.05) is 35.4 Å². The third-order valence-electron chi connectivity index (χ3n) is 6.14. The predicted octanol–water partition coefficient (Wildman–Crippen LogP) is 3.60. The lowest BCUT2D eigenvalue weighted by atomic mass is 10.00. The fourth-order valence-corrected chi connectivity index (χ4v) is 5.99. The van der Waals surface area contributed by atoms with Crippen LogP contribution in [0.25, 0.3) is 0 Å². The number of rotatable bonds is 8. The number of nitrogens with zero attached hydrogens (tertiary/aromatic N) is 2. The van der Waals surface area contributed by atoms with Gasteiger partial charge >= 0.3 is 6.09 Å². The molecular weight excluding hydrogens is 454 g/mol. The Morgan fingerprint density at radius 3 is 2.50 bits per heavy atom. The maximum atomic E-state index is 13.7. The van der Waals surface area contributed by atoms with Crippen LogP contribution in [0.3, 0.4) is 0 Å². The molecule has 1 N–H and O–H groups in total. The number of fused-ring (bicyclic) bond motifs is 1. The van der Waals surface area contributed by atoms with E-state index in [0.29, 0.717) is 43.1 Å². The average molecular weight is 486 g/mol. The first-order chi connectivity index (χ1) is 16.2. The summed E-state index contributed by atoms with van der Waals surface area (Å²) in [6, 6.07) is 12.3. The van der Waals surface area contributed by atoms with E-state index in [-0.39, 0.29) is 29.1 Å². The van der Waals surface area contributed by atoms with Crippen LogP contribution in [0, 0.1) is 5.92 Å². The van der Waals surface area contributed by atoms with Crippen LogP contribution in [0.15, 0.2) is 47.4 Å². The average Bonchev–Trinajstić information content (AvgIpc) is 3.23. The van der Waals surface area contributed by atoms with Crippen molar-refractivity contribution in [2.45, 2.75) is 44.6 Å². The minimum atomic E-state index is -3.89. The molecule has 0 aliphatic carbocycles. The lowest BCUT2D eigenvalue weighted by molar-refractivity contribution is 0.0975. The molecular formula is C25H31N3O5S. The van der Waals surface area contributed by atoms with Crippen LogP contribution in [-0.2, 0) is 21.2 Å². The van der Waals surface area contributed by atoms with Gasteiger partial charge in [-0.05, 0) is 48.2 Å². The molecule has 2 aromatic rings. The Labute approximate surface area is 200 Å². The van der Waals surface area contributed by atoms with Gasteiger partial charge in [-0.15, -0.1) is 0 Å². The Hall–Kier alpha value is -3.07. The molecule has 4 rings (SSSR count). The van der Waals surface area contributed by atoms with Crippen molar-refractivity contribution in [1.82, 2.24) is 5.32 Å². The van der Waals surface area contributed by atoms with Crippen molar-refractivity contribution in [3.8, 4) is 0 Å². The molecule has 1 amide bonds. The van der Waals surface area contributed by atoms with Gasteiger partial charge in [0.15, 0.2) is 5.78 Å². The van der Waals surface area contributed by atoms with Crippen LogP contribution >= 0.6 is 0 Å². The number of carbonyl (C=O) groups is 2. The second kappa shape index (κ2) is 9.66. The highest BCUT2D eigenvalue weighted by Crippen LogP contribution is 2.32. The fraction of sp³-hybridized carbons (Fsp3) is 0.440. The van der Waals surface area contributed by atoms with E-state index in [2.05, 4.69) is 12.2 Å². The number of cyclic esters (lactones) is 1. The topological polar surface area (TPSA) is 96.0 Å². The molecule has 1 saturated heterocycles. The van der Waals surface area contributed by atoms with Gasteiger partial charge in [0.2, 0.25) is 0 Å². The molecule has 0 aromatic heterocycles. The van der Waals surface area contributed by atoms with Gasteiger partial charge in [0.25, 0.3) is 10.0 Å². The second-order valence-electron chi connectivity index (χ2n) is 9.16. The summed E-state index contributed by atoms with van der Waals surface area (Å²) in [6.07, 6.45) is 0.386. The number of Topliss-reactive ketones (excluding diaryl/α,β-unsaturated/α-hetero) is 1. The Kier molecular flexibility index (Phi) is 6.84. The predicted molar refractivity (Wildman–Crippen MR) is 131 cm³/mol. The number of anilines is 2. The minimum absolute atomic E-state index is 0.0902. The van der Waals surface area contributed by atoms with Gasteiger partial charge in [-0.25, -0.2) is 13.2 Å². The third kappa shape index (κ3) is 4.89. The minimum Gasteiger partial charge on any atom is -0.442 e. The van der Waals surface area contributed by atoms with Crippen molar-refractivity contribution in [3.63, 3.8) is 0 Å². The van der Waals surface area contributed by atoms with Crippen molar-refractivity contribution < 1.29 is 22.7 Å². The van der Waals surface area contributed by atoms with Gasteiger partial charge in [-0.1, -0.05) is 32.9 Å². The van der Waals surface area contributed by atoms with Gasteiger partial charge < -0.3 is 15.0 Å². The lowest BCUT2D eigenvalue weighted by Crippen LogP contribution is -2.39. The van der Waals surface area contributed by atoms with E-state index in [1.54, 1.807) is 12.1 Å². The van der Waals surface area contributed by atoms with Gasteiger partial charge in [-0.2, -0.15) is 0 Å². The molecule has 0 saturated carbocycles. The number of benzene rings is 2. The van der Waals surface area contributed by atoms with E-state index in [1.165, 1.54) is 10.4 Å². The SMILES string of the molecule is CCc1ccc(N(CC(C)C)S(=O)(=O)c2ccc3c(c2)C(=O)CCN3CC2CNC(=O)O2)cc1. The van der Waals surface area contributed by atoms with Crippen LogP contribution in [0.1, 0.15) is 43.1 Å². The molecule has 34 heavy (non-hydrogen) atoms. The zero-order valence-electron chi connectivity index (χ0n) is 19.8. The number of nitrogens with one attached hydrogen (secondary N) is 1. The van der Waals surface area contributed by atoms with Crippen LogP contribution < -0.4 is 14.5 Å². The van der Waals surface area contributed by atoms with Crippen LogP contribution in [0.5, 0.6) is 0 Å². The molecule has 0 spiro atoms. The van der Waals surface area contributed by atoms with Crippen molar-refractivity contribution in [3.05, 3.63) is 53.6 Å². The first-order valence-electron chi connectivity index (χ1n) is 11.7. The highest BCUT2D eigenvalue weighted by Gasteiger charge is 2.32. The number of alkyl carbamates (subject to hydrolysis) is 1. The summed E-state index contributed by atoms with van der Waals surface area (Å²) in [6.45, 7) is 7.67. The monoisotopic (exact) mass is 485 g/mol. The summed E-state index contributed by atoms with van der Waals surface area (Å²) in [5.74, 6) is 0.0191. The molecule has 0 bridgehead atoms. The Balaban J connectivity index is 1.67. The summed E-state index contributed by atoms with van der Waals surface area (Å²) in [7, 11) is -3.89. The van der Waals surface area contributed by atoms with Crippen molar-refractivity contribution in [2.24, 2.45) is 5.92 Å². The zero-order valence-corrected chi connectivity index (χ0v) is 20.6. The van der Waals surface area contributed by atoms with Crippen LogP contribution in [0.2, 0.25) is 0 Å². The molecule has 1 unspecified atom stereocenters. The fourth-order valence-electron chi connectivity index (χ4n) is 4.33. The summed E-state index contributed by atoms with van der Waals surface area (Å²) in [4.78, 5) is 26.2. The highest BCUT2D eigenvalue weighted by atomic mass is 32.2. The van der Waals surface area contributed by atoms with E-state index in [0.717, 1.165) is 12.0 Å². The van der Waals surface area contributed by atoms with E-state index >= 15 is 0 Å². The Morgan fingerprint density at radius 2 is 1.88 bits per heavy atom. The van der Waals surface area contributed by atoms with Gasteiger partial charge in [-0.3, -0.25) is 9.10 Å². The lowest BCUT2D eigenvalue weighted by Gasteiger charge is -2.32. The standard InChI is InChI=1S/C25H31N3O5S/c1-4-18-5-7-19(8-6-18)28(15-17(2)3)34(31,32)21-9-10-23-22(13-21)24(29)11-12-27(23)16-20-14-26-25(30)33-20/h5-10,13,17,20H,4,11-12,14-16H2,1-3H3,(H,26,30). The quantitative estimate of drug-likeness (QED) is 0.614. The maximum Gasteiger partial charge on any atom is 0.407 e. The molecule has 0 radical (unpaired) electrons. The van der Waals surface area contributed by atoms with Crippen molar-refractivity contribution in [1.29, 1.82) is 0 Å². The molecule has 182 valence electrons. The first kappa shape index (κ1) is 24.1.